The molecule has 5 nitrogen and oxygen atoms in total. The van der Waals surface area contributed by atoms with Gasteiger partial charge in [-0.05, 0) is 46.1 Å². The lowest BCUT2D eigenvalue weighted by atomic mass is 10.0. The molecule has 2 rings (SSSR count). The zero-order valence-corrected chi connectivity index (χ0v) is 13.0. The first kappa shape index (κ1) is 15.6. The number of rotatable bonds is 3. The highest BCUT2D eigenvalue weighted by molar-refractivity contribution is 5.68. The van der Waals surface area contributed by atoms with E-state index >= 15 is 0 Å². The van der Waals surface area contributed by atoms with Gasteiger partial charge in [-0.1, -0.05) is 6.07 Å². The summed E-state index contributed by atoms with van der Waals surface area (Å²) in [5.74, 6) is 0.590. The highest BCUT2D eigenvalue weighted by atomic mass is 16.6. The van der Waals surface area contributed by atoms with Crippen molar-refractivity contribution < 1.29 is 14.3 Å². The third-order valence-electron chi connectivity index (χ3n) is 3.32. The van der Waals surface area contributed by atoms with Gasteiger partial charge in [0.25, 0.3) is 0 Å². The van der Waals surface area contributed by atoms with Gasteiger partial charge in [-0.15, -0.1) is 0 Å². The normalized spacial score (nSPS) is 19.2. The zero-order valence-electron chi connectivity index (χ0n) is 13.0. The van der Waals surface area contributed by atoms with Crippen LogP contribution in [0.2, 0.25) is 0 Å². The van der Waals surface area contributed by atoms with Crippen LogP contribution in [0.4, 0.5) is 4.79 Å². The van der Waals surface area contributed by atoms with E-state index in [1.165, 1.54) is 0 Å². The van der Waals surface area contributed by atoms with Gasteiger partial charge in [0.05, 0.1) is 6.04 Å². The highest BCUT2D eigenvalue weighted by Crippen LogP contribution is 2.21. The average Bonchev–Trinajstić information content (AvgIpc) is 2.45. The second-order valence-electron chi connectivity index (χ2n) is 6.30. The molecule has 1 aromatic rings. The summed E-state index contributed by atoms with van der Waals surface area (Å²) in [6, 6.07) is 5.60. The molecule has 1 amide bonds. The molecule has 21 heavy (non-hydrogen) atoms. The fraction of sp³-hybridized carbons (Fsp3) is 0.625. The number of hydrogen-bond acceptors (Lipinski definition) is 4. The molecule has 1 aliphatic heterocycles. The van der Waals surface area contributed by atoms with Gasteiger partial charge in [0.2, 0.25) is 5.88 Å². The van der Waals surface area contributed by atoms with E-state index < -0.39 is 5.60 Å². The summed E-state index contributed by atoms with van der Waals surface area (Å²) in [6.07, 6.45) is 4.50. The Kier molecular flexibility index (Phi) is 5.04. The van der Waals surface area contributed by atoms with Crippen molar-refractivity contribution in [3.63, 3.8) is 0 Å². The maximum atomic E-state index is 12.3. The third-order valence-corrected chi connectivity index (χ3v) is 3.32. The molecule has 1 saturated heterocycles. The van der Waals surface area contributed by atoms with Crippen LogP contribution in [-0.2, 0) is 4.74 Å². The van der Waals surface area contributed by atoms with Crippen LogP contribution < -0.4 is 4.74 Å². The fourth-order valence-electron chi connectivity index (χ4n) is 2.35. The van der Waals surface area contributed by atoms with Crippen LogP contribution in [0, 0.1) is 0 Å². The molecule has 0 bridgehead atoms. The quantitative estimate of drug-likeness (QED) is 0.858. The minimum Gasteiger partial charge on any atom is -0.475 e. The van der Waals surface area contributed by atoms with Crippen LogP contribution in [0.5, 0.6) is 5.88 Å². The first-order chi connectivity index (χ1) is 9.96. The molecule has 1 aliphatic rings. The van der Waals surface area contributed by atoms with E-state index in [9.17, 15) is 4.79 Å². The van der Waals surface area contributed by atoms with Crippen molar-refractivity contribution in [1.82, 2.24) is 9.88 Å². The summed E-state index contributed by atoms with van der Waals surface area (Å²) in [5, 5.41) is 0. The van der Waals surface area contributed by atoms with E-state index in [4.69, 9.17) is 9.47 Å². The van der Waals surface area contributed by atoms with E-state index in [1.54, 1.807) is 11.1 Å². The Morgan fingerprint density at radius 2 is 2.19 bits per heavy atom. The monoisotopic (exact) mass is 292 g/mol. The number of piperidine rings is 1. The maximum absolute atomic E-state index is 12.3. The van der Waals surface area contributed by atoms with Crippen LogP contribution in [0.1, 0.15) is 40.0 Å². The number of carbonyl (C=O) groups excluding carboxylic acids is 1. The number of pyridine rings is 1. The van der Waals surface area contributed by atoms with Gasteiger partial charge in [0, 0.05) is 18.8 Å². The highest BCUT2D eigenvalue weighted by Gasteiger charge is 2.30. The number of ether oxygens (including phenoxy) is 2. The molecule has 0 N–H and O–H groups in total. The van der Waals surface area contributed by atoms with Crippen LogP contribution >= 0.6 is 0 Å². The lowest BCUT2D eigenvalue weighted by molar-refractivity contribution is 0.00335. The second kappa shape index (κ2) is 6.78. The number of aromatic nitrogens is 1. The number of carbonyl (C=O) groups is 1. The lowest BCUT2D eigenvalue weighted by Gasteiger charge is -2.36. The van der Waals surface area contributed by atoms with Crippen LogP contribution in [0.3, 0.4) is 0 Å². The molecule has 0 unspecified atom stereocenters. The van der Waals surface area contributed by atoms with Crippen molar-refractivity contribution >= 4 is 6.09 Å². The summed E-state index contributed by atoms with van der Waals surface area (Å²) in [7, 11) is 0. The van der Waals surface area contributed by atoms with Gasteiger partial charge < -0.3 is 14.4 Å². The first-order valence-corrected chi connectivity index (χ1v) is 7.49. The predicted octanol–water partition coefficient (Wildman–Crippen LogP) is 3.25. The molecule has 1 aromatic heterocycles. The Morgan fingerprint density at radius 1 is 1.38 bits per heavy atom. The molecule has 0 aliphatic carbocycles. The van der Waals surface area contributed by atoms with E-state index in [-0.39, 0.29) is 12.1 Å². The predicted molar refractivity (Wildman–Crippen MR) is 80.3 cm³/mol. The lowest BCUT2D eigenvalue weighted by Crippen LogP contribution is -2.48. The molecule has 1 fully saturated rings. The Bertz CT molecular complexity index is 456. The molecule has 5 heteroatoms. The van der Waals surface area contributed by atoms with Crippen LogP contribution in [0.15, 0.2) is 24.4 Å². The maximum Gasteiger partial charge on any atom is 0.410 e. The van der Waals surface area contributed by atoms with Crippen molar-refractivity contribution in [2.75, 3.05) is 13.2 Å². The van der Waals surface area contributed by atoms with Crippen molar-refractivity contribution in [3.8, 4) is 5.88 Å². The second-order valence-corrected chi connectivity index (χ2v) is 6.30. The van der Waals surface area contributed by atoms with E-state index in [0.29, 0.717) is 12.5 Å². The van der Waals surface area contributed by atoms with Gasteiger partial charge >= 0.3 is 6.09 Å². The molecule has 0 aromatic carbocycles. The smallest absolute Gasteiger partial charge is 0.410 e. The summed E-state index contributed by atoms with van der Waals surface area (Å²) in [4.78, 5) is 18.2. The fourth-order valence-corrected chi connectivity index (χ4v) is 2.35. The van der Waals surface area contributed by atoms with Gasteiger partial charge in [0.15, 0.2) is 0 Å². The average molecular weight is 292 g/mol. The number of nitrogens with zero attached hydrogens (tertiary/aromatic N) is 2. The minimum atomic E-state index is -0.471. The van der Waals surface area contributed by atoms with Crippen molar-refractivity contribution in [1.29, 1.82) is 0 Å². The summed E-state index contributed by atoms with van der Waals surface area (Å²) in [5.41, 5.74) is -0.471. The molecule has 0 radical (unpaired) electrons. The molecule has 116 valence electrons. The number of amides is 1. The topological polar surface area (TPSA) is 51.7 Å². The molecular weight excluding hydrogens is 268 g/mol. The van der Waals surface area contributed by atoms with E-state index in [2.05, 4.69) is 4.98 Å². The largest absolute Gasteiger partial charge is 0.475 e. The third kappa shape index (κ3) is 4.92. The summed E-state index contributed by atoms with van der Waals surface area (Å²) < 4.78 is 11.2. The van der Waals surface area contributed by atoms with Gasteiger partial charge in [0.1, 0.15) is 12.2 Å². The number of likely N-dealkylation sites (tertiary alicyclic amines) is 1. The molecule has 1 atom stereocenters. The molecule has 0 spiro atoms. The SMILES string of the molecule is CC(C)(C)OC(=O)N1CCCC[C@@H]1COc1ccccn1. The van der Waals surface area contributed by atoms with Crippen LogP contribution in [0.25, 0.3) is 0 Å². The van der Waals surface area contributed by atoms with Crippen molar-refractivity contribution in [2.24, 2.45) is 0 Å². The standard InChI is InChI=1S/C16H24N2O3/c1-16(2,3)21-15(19)18-11-7-5-8-13(18)12-20-14-9-4-6-10-17-14/h4,6,9-10,13H,5,7-8,11-12H2,1-3H3/t13-/m1/s1. The van der Waals surface area contributed by atoms with Crippen molar-refractivity contribution in [2.45, 2.75) is 51.7 Å². The molecule has 0 saturated carbocycles. The Hall–Kier alpha value is -1.78. The van der Waals surface area contributed by atoms with E-state index in [1.807, 2.05) is 39.0 Å². The Balaban J connectivity index is 1.94. The van der Waals surface area contributed by atoms with Gasteiger partial charge in [-0.3, -0.25) is 0 Å². The first-order valence-electron chi connectivity index (χ1n) is 7.49. The van der Waals surface area contributed by atoms with Gasteiger partial charge in [-0.2, -0.15) is 0 Å². The molecular formula is C16H24N2O3. The minimum absolute atomic E-state index is 0.0515. The van der Waals surface area contributed by atoms with Crippen molar-refractivity contribution in [3.05, 3.63) is 24.4 Å². The Labute approximate surface area is 126 Å². The summed E-state index contributed by atoms with van der Waals surface area (Å²) in [6.45, 7) is 6.83. The zero-order chi connectivity index (χ0) is 15.3. The van der Waals surface area contributed by atoms with Gasteiger partial charge in [-0.25, -0.2) is 9.78 Å². The van der Waals surface area contributed by atoms with E-state index in [0.717, 1.165) is 25.8 Å². The summed E-state index contributed by atoms with van der Waals surface area (Å²) >= 11 is 0. The molecule has 2 heterocycles. The van der Waals surface area contributed by atoms with Crippen LogP contribution in [-0.4, -0.2) is 40.8 Å². The Morgan fingerprint density at radius 3 is 2.86 bits per heavy atom. The number of hydrogen-bond donors (Lipinski definition) is 0.